The van der Waals surface area contributed by atoms with E-state index >= 15 is 0 Å². The van der Waals surface area contributed by atoms with Gasteiger partial charge in [0.15, 0.2) is 12.4 Å². The first-order valence-corrected chi connectivity index (χ1v) is 7.32. The maximum Gasteiger partial charge on any atom is 0.257 e. The summed E-state index contributed by atoms with van der Waals surface area (Å²) >= 11 is 8.95. The summed E-state index contributed by atoms with van der Waals surface area (Å²) in [4.78, 5) is 10.8. The number of rotatable bonds is 4. The lowest BCUT2D eigenvalue weighted by molar-refractivity contribution is -0.122. The number of likely N-dealkylation sites (N-methyl/N-ethyl adjacent to an activating group) is 1. The summed E-state index contributed by atoms with van der Waals surface area (Å²) in [6.07, 6.45) is 0. The number of benzene rings is 1. The van der Waals surface area contributed by atoms with Crippen molar-refractivity contribution in [2.45, 2.75) is 4.90 Å². The number of primary sulfonamides is 1. The largest absolute Gasteiger partial charge is 0.481 e. The minimum absolute atomic E-state index is 0.0392. The molecule has 0 aliphatic rings. The van der Waals surface area contributed by atoms with Gasteiger partial charge in [-0.1, -0.05) is 27.5 Å². The first kappa shape index (κ1) is 15.2. The standard InChI is InChI=1S/C9H10BrClN2O4S/c1-13-8(14)4-17-9-6(11)2-5(10)3-7(9)18(12,15)16/h2-3H,4H2,1H3,(H,13,14)(H2,12,15,16). The summed E-state index contributed by atoms with van der Waals surface area (Å²) in [5, 5.41) is 7.41. The van der Waals surface area contributed by atoms with Crippen LogP contribution in [0.25, 0.3) is 0 Å². The van der Waals surface area contributed by atoms with Crippen LogP contribution >= 0.6 is 27.5 Å². The molecular formula is C9H10BrClN2O4S. The van der Waals surface area contributed by atoms with Crippen LogP contribution < -0.4 is 15.2 Å². The molecular weight excluding hydrogens is 348 g/mol. The van der Waals surface area contributed by atoms with Gasteiger partial charge in [-0.3, -0.25) is 4.79 Å². The quantitative estimate of drug-likeness (QED) is 0.835. The first-order chi connectivity index (χ1) is 8.25. The Morgan fingerprint density at radius 2 is 2.17 bits per heavy atom. The third kappa shape index (κ3) is 3.84. The van der Waals surface area contributed by atoms with E-state index in [-0.39, 0.29) is 22.3 Å². The van der Waals surface area contributed by atoms with Crippen LogP contribution in [0.15, 0.2) is 21.5 Å². The zero-order valence-corrected chi connectivity index (χ0v) is 12.4. The van der Waals surface area contributed by atoms with E-state index in [9.17, 15) is 13.2 Å². The third-order valence-corrected chi connectivity index (χ3v) is 3.56. The number of hydrogen-bond donors (Lipinski definition) is 2. The normalized spacial score (nSPS) is 11.1. The molecule has 0 unspecified atom stereocenters. The average molecular weight is 358 g/mol. The second-order valence-corrected chi connectivity index (χ2v) is 6.07. The zero-order valence-electron chi connectivity index (χ0n) is 9.24. The highest BCUT2D eigenvalue weighted by molar-refractivity contribution is 9.10. The lowest BCUT2D eigenvalue weighted by Crippen LogP contribution is -2.25. The molecule has 0 saturated carbocycles. The number of carbonyl (C=O) groups is 1. The monoisotopic (exact) mass is 356 g/mol. The van der Waals surface area contributed by atoms with E-state index in [2.05, 4.69) is 21.2 Å². The van der Waals surface area contributed by atoms with Crippen LogP contribution in [0.4, 0.5) is 0 Å². The fourth-order valence-corrected chi connectivity index (χ4v) is 2.89. The van der Waals surface area contributed by atoms with Crippen LogP contribution in [0.1, 0.15) is 0 Å². The van der Waals surface area contributed by atoms with Crippen molar-refractivity contribution in [1.29, 1.82) is 0 Å². The van der Waals surface area contributed by atoms with Crippen molar-refractivity contribution in [3.05, 3.63) is 21.6 Å². The van der Waals surface area contributed by atoms with Gasteiger partial charge in [-0.2, -0.15) is 0 Å². The lowest BCUT2D eigenvalue weighted by Gasteiger charge is -2.11. The predicted octanol–water partition coefficient (Wildman–Crippen LogP) is 0.875. The molecule has 0 spiro atoms. The number of hydrogen-bond acceptors (Lipinski definition) is 4. The van der Waals surface area contributed by atoms with Gasteiger partial charge in [0.2, 0.25) is 10.0 Å². The highest BCUT2D eigenvalue weighted by Gasteiger charge is 2.20. The van der Waals surface area contributed by atoms with Crippen LogP contribution in [-0.2, 0) is 14.8 Å². The Morgan fingerprint density at radius 3 is 2.67 bits per heavy atom. The fraction of sp³-hybridized carbons (Fsp3) is 0.222. The molecule has 18 heavy (non-hydrogen) atoms. The Morgan fingerprint density at radius 1 is 1.56 bits per heavy atom. The van der Waals surface area contributed by atoms with Gasteiger partial charge in [-0.15, -0.1) is 0 Å². The second kappa shape index (κ2) is 5.87. The van der Waals surface area contributed by atoms with E-state index in [1.165, 1.54) is 19.2 Å². The Balaban J connectivity index is 3.21. The molecule has 0 bridgehead atoms. The minimum atomic E-state index is -4.00. The minimum Gasteiger partial charge on any atom is -0.481 e. The summed E-state index contributed by atoms with van der Waals surface area (Å²) in [7, 11) is -2.58. The molecule has 0 fully saturated rings. The highest BCUT2D eigenvalue weighted by Crippen LogP contribution is 2.34. The molecule has 0 aliphatic carbocycles. The molecule has 100 valence electrons. The molecule has 1 amide bonds. The topological polar surface area (TPSA) is 98.5 Å². The van der Waals surface area contributed by atoms with Gasteiger partial charge in [0, 0.05) is 11.5 Å². The molecule has 1 aromatic carbocycles. The van der Waals surface area contributed by atoms with Crippen molar-refractivity contribution in [3.63, 3.8) is 0 Å². The number of nitrogens with two attached hydrogens (primary N) is 1. The van der Waals surface area contributed by atoms with E-state index in [4.69, 9.17) is 21.5 Å². The molecule has 1 rings (SSSR count). The molecule has 6 nitrogen and oxygen atoms in total. The van der Waals surface area contributed by atoms with Crippen LogP contribution in [-0.4, -0.2) is 28.0 Å². The maximum absolute atomic E-state index is 11.4. The number of carbonyl (C=O) groups excluding carboxylic acids is 1. The van der Waals surface area contributed by atoms with Crippen molar-refractivity contribution in [1.82, 2.24) is 5.32 Å². The van der Waals surface area contributed by atoms with Gasteiger partial charge in [-0.05, 0) is 12.1 Å². The summed E-state index contributed by atoms with van der Waals surface area (Å²) in [5.74, 6) is -0.569. The van der Waals surface area contributed by atoms with Crippen molar-refractivity contribution in [2.24, 2.45) is 5.14 Å². The summed E-state index contributed by atoms with van der Waals surface area (Å²) < 4.78 is 28.3. The van der Waals surface area contributed by atoms with Gasteiger partial charge in [0.05, 0.1) is 5.02 Å². The average Bonchev–Trinajstić information content (AvgIpc) is 2.25. The first-order valence-electron chi connectivity index (χ1n) is 4.61. The number of halogens is 2. The lowest BCUT2D eigenvalue weighted by atomic mass is 10.3. The molecule has 0 radical (unpaired) electrons. The molecule has 0 heterocycles. The van der Waals surface area contributed by atoms with E-state index in [1.54, 1.807) is 0 Å². The van der Waals surface area contributed by atoms with Crippen molar-refractivity contribution in [2.75, 3.05) is 13.7 Å². The van der Waals surface area contributed by atoms with Crippen LogP contribution in [0, 0.1) is 0 Å². The molecule has 0 aromatic heterocycles. The van der Waals surface area contributed by atoms with E-state index in [0.717, 1.165) is 0 Å². The molecule has 1 aromatic rings. The molecule has 0 saturated heterocycles. The molecule has 0 atom stereocenters. The smallest absolute Gasteiger partial charge is 0.257 e. The number of ether oxygens (including phenoxy) is 1. The molecule has 9 heteroatoms. The number of sulfonamides is 1. The Labute approximate surface area is 118 Å². The number of amides is 1. The van der Waals surface area contributed by atoms with Crippen molar-refractivity contribution < 1.29 is 17.9 Å². The SMILES string of the molecule is CNC(=O)COc1c(Cl)cc(Br)cc1S(N)(=O)=O. The van der Waals surface area contributed by atoms with Crippen molar-refractivity contribution >= 4 is 43.5 Å². The van der Waals surface area contributed by atoms with E-state index < -0.39 is 15.9 Å². The van der Waals surface area contributed by atoms with Crippen LogP contribution in [0.5, 0.6) is 5.75 Å². The number of nitrogens with one attached hydrogen (secondary N) is 1. The summed E-state index contributed by atoms with van der Waals surface area (Å²) in [6.45, 7) is -0.361. The van der Waals surface area contributed by atoms with Crippen molar-refractivity contribution in [3.8, 4) is 5.75 Å². The van der Waals surface area contributed by atoms with Gasteiger partial charge >= 0.3 is 0 Å². The Kier molecular flexibility index (Phi) is 4.97. The van der Waals surface area contributed by atoms with Gasteiger partial charge in [-0.25, -0.2) is 13.6 Å². The van der Waals surface area contributed by atoms with E-state index in [0.29, 0.717) is 4.47 Å². The molecule has 0 aliphatic heterocycles. The van der Waals surface area contributed by atoms with Crippen LogP contribution in [0.3, 0.4) is 0 Å². The Hall–Kier alpha value is -0.830. The summed E-state index contributed by atoms with van der Waals surface area (Å²) in [5.41, 5.74) is 0. The molecule has 3 N–H and O–H groups in total. The predicted molar refractivity (Wildman–Crippen MR) is 70.1 cm³/mol. The van der Waals surface area contributed by atoms with Gasteiger partial charge in [0.25, 0.3) is 5.91 Å². The maximum atomic E-state index is 11.4. The zero-order chi connectivity index (χ0) is 13.9. The van der Waals surface area contributed by atoms with Crippen LogP contribution in [0.2, 0.25) is 5.02 Å². The van der Waals surface area contributed by atoms with Gasteiger partial charge < -0.3 is 10.1 Å². The summed E-state index contributed by atoms with van der Waals surface area (Å²) in [6, 6.07) is 2.69. The third-order valence-electron chi connectivity index (χ3n) is 1.91. The van der Waals surface area contributed by atoms with E-state index in [1.807, 2.05) is 0 Å². The Bertz CT molecular complexity index is 576. The second-order valence-electron chi connectivity index (χ2n) is 3.22. The van der Waals surface area contributed by atoms with Gasteiger partial charge in [0.1, 0.15) is 4.90 Å². The fourth-order valence-electron chi connectivity index (χ4n) is 1.10. The highest BCUT2D eigenvalue weighted by atomic mass is 79.9.